The molecule has 0 aliphatic carbocycles. The topological polar surface area (TPSA) is 18.5 Å². The Morgan fingerprint density at radius 3 is 1.70 bits per heavy atom. The smallest absolute Gasteiger partial charge is 0.148 e. The van der Waals surface area contributed by atoms with Crippen molar-refractivity contribution < 1.29 is 9.47 Å². The first-order valence-corrected chi connectivity index (χ1v) is 2.67. The van der Waals surface area contributed by atoms with Crippen LogP contribution in [0.2, 0.25) is 0 Å². The highest BCUT2D eigenvalue weighted by Gasteiger charge is 1.72. The van der Waals surface area contributed by atoms with Crippen LogP contribution in [0.5, 0.6) is 0 Å². The van der Waals surface area contributed by atoms with Crippen molar-refractivity contribution in [3.63, 3.8) is 0 Å². The Morgan fingerprint density at radius 1 is 1.00 bits per heavy atom. The van der Waals surface area contributed by atoms with Gasteiger partial charge in [0, 0.05) is 0 Å². The third kappa shape index (κ3) is 6.46. The van der Waals surface area contributed by atoms with Crippen molar-refractivity contribution in [3.8, 4) is 24.7 Å². The maximum Gasteiger partial charge on any atom is 0.148 e. The van der Waals surface area contributed by atoms with Gasteiger partial charge >= 0.3 is 0 Å². The Bertz CT molecular complexity index is 149. The van der Waals surface area contributed by atoms with Crippen LogP contribution >= 0.6 is 0 Å². The normalized spacial score (nSPS) is 8.20. The van der Waals surface area contributed by atoms with Gasteiger partial charge in [-0.1, -0.05) is 11.8 Å². The first kappa shape index (κ1) is 8.46. The fourth-order valence-corrected chi connectivity index (χ4v) is 0.271. The fourth-order valence-electron chi connectivity index (χ4n) is 0.271. The van der Waals surface area contributed by atoms with Crippen LogP contribution in [0.4, 0.5) is 0 Å². The highest BCUT2D eigenvalue weighted by Crippen LogP contribution is 1.78. The van der Waals surface area contributed by atoms with Gasteiger partial charge in [-0.3, -0.25) is 0 Å². The monoisotopic (exact) mass is 136 g/mol. The minimum atomic E-state index is 0.246. The molecule has 0 aliphatic heterocycles. The molecule has 0 saturated heterocycles. The molecule has 0 fully saturated rings. The van der Waals surface area contributed by atoms with Gasteiger partial charge in [-0.25, -0.2) is 0 Å². The molecule has 0 bridgehead atoms. The Kier molecular flexibility index (Phi) is 6.31. The van der Waals surface area contributed by atoms with Crippen LogP contribution in [0.15, 0.2) is 12.5 Å². The summed E-state index contributed by atoms with van der Waals surface area (Å²) in [5, 5.41) is 0. The summed E-state index contributed by atoms with van der Waals surface area (Å²) in [4.78, 5) is 0. The average Bonchev–Trinajstić information content (AvgIpc) is 1.97. The molecule has 0 aromatic carbocycles. The van der Waals surface area contributed by atoms with Crippen LogP contribution in [-0.4, -0.2) is 13.2 Å². The molecule has 52 valence electrons. The average molecular weight is 136 g/mol. The van der Waals surface area contributed by atoms with Crippen LogP contribution in [0.3, 0.4) is 0 Å². The van der Waals surface area contributed by atoms with Gasteiger partial charge in [0.05, 0.1) is 0 Å². The van der Waals surface area contributed by atoms with Crippen molar-refractivity contribution in [1.29, 1.82) is 0 Å². The Balaban J connectivity index is 3.08. The molecule has 0 aliphatic rings. The second-order valence-electron chi connectivity index (χ2n) is 1.30. The largest absolute Gasteiger partial charge is 0.485 e. The lowest BCUT2D eigenvalue weighted by Crippen LogP contribution is -1.83. The zero-order chi connectivity index (χ0) is 7.66. The van der Waals surface area contributed by atoms with E-state index in [1.807, 2.05) is 0 Å². The highest BCUT2D eigenvalue weighted by atomic mass is 16.5. The third-order valence-corrected chi connectivity index (χ3v) is 0.581. The molecular formula is C8H8O2. The Hall–Kier alpha value is -1.54. The summed E-state index contributed by atoms with van der Waals surface area (Å²) in [6.07, 6.45) is 12.5. The van der Waals surface area contributed by atoms with E-state index in [2.05, 4.69) is 11.8 Å². The number of ether oxygens (including phenoxy) is 2. The lowest BCUT2D eigenvalue weighted by molar-refractivity contribution is 0.246. The second kappa shape index (κ2) is 7.46. The molecule has 0 aromatic heterocycles. The van der Waals surface area contributed by atoms with Gasteiger partial charge in [0.1, 0.15) is 25.7 Å². The standard InChI is InChI=1S/C8H8O2/c1-3-5-9-7-8-10-6-4-2/h1-2,7-8H,5-6H2. The summed E-state index contributed by atoms with van der Waals surface area (Å²) < 4.78 is 9.44. The SMILES string of the molecule is C#CCOC=COCC#C. The van der Waals surface area contributed by atoms with Crippen molar-refractivity contribution in [1.82, 2.24) is 0 Å². The minimum absolute atomic E-state index is 0.246. The van der Waals surface area contributed by atoms with E-state index in [9.17, 15) is 0 Å². The van der Waals surface area contributed by atoms with Gasteiger partial charge in [-0.15, -0.1) is 12.8 Å². The van der Waals surface area contributed by atoms with Crippen molar-refractivity contribution in [3.05, 3.63) is 12.5 Å². The number of hydrogen-bond acceptors (Lipinski definition) is 2. The minimum Gasteiger partial charge on any atom is -0.485 e. The summed E-state index contributed by atoms with van der Waals surface area (Å²) in [5.74, 6) is 4.58. The van der Waals surface area contributed by atoms with E-state index in [1.165, 1.54) is 12.5 Å². The predicted molar refractivity (Wildman–Crippen MR) is 38.7 cm³/mol. The maximum absolute atomic E-state index is 4.89. The van der Waals surface area contributed by atoms with Crippen LogP contribution in [0.25, 0.3) is 0 Å². The van der Waals surface area contributed by atoms with Crippen LogP contribution in [0, 0.1) is 24.7 Å². The van der Waals surface area contributed by atoms with Crippen molar-refractivity contribution >= 4 is 0 Å². The van der Waals surface area contributed by atoms with Crippen molar-refractivity contribution in [2.75, 3.05) is 13.2 Å². The summed E-state index contributed by atoms with van der Waals surface area (Å²) >= 11 is 0. The molecular weight excluding hydrogens is 128 g/mol. The third-order valence-electron chi connectivity index (χ3n) is 0.581. The van der Waals surface area contributed by atoms with E-state index in [0.717, 1.165) is 0 Å². The van der Waals surface area contributed by atoms with Crippen LogP contribution in [-0.2, 0) is 9.47 Å². The van der Waals surface area contributed by atoms with Crippen molar-refractivity contribution in [2.24, 2.45) is 0 Å². The highest BCUT2D eigenvalue weighted by molar-refractivity contribution is 4.85. The molecule has 0 spiro atoms. The van der Waals surface area contributed by atoms with Gasteiger partial charge in [-0.2, -0.15) is 0 Å². The van der Waals surface area contributed by atoms with E-state index in [1.54, 1.807) is 0 Å². The lowest BCUT2D eigenvalue weighted by Gasteiger charge is -1.92. The summed E-state index contributed by atoms with van der Waals surface area (Å²) in [5.41, 5.74) is 0. The molecule has 0 atom stereocenters. The number of terminal acetylenes is 2. The summed E-state index contributed by atoms with van der Waals surface area (Å²) in [7, 11) is 0. The number of hydrogen-bond donors (Lipinski definition) is 0. The van der Waals surface area contributed by atoms with Crippen LogP contribution < -0.4 is 0 Å². The first-order valence-electron chi connectivity index (χ1n) is 2.67. The molecule has 0 aromatic rings. The van der Waals surface area contributed by atoms with Gasteiger partial charge in [0.15, 0.2) is 0 Å². The molecule has 2 heteroatoms. The number of rotatable bonds is 4. The Morgan fingerprint density at radius 2 is 1.40 bits per heavy atom. The van der Waals surface area contributed by atoms with Crippen LogP contribution in [0.1, 0.15) is 0 Å². The van der Waals surface area contributed by atoms with Gasteiger partial charge in [0.2, 0.25) is 0 Å². The summed E-state index contributed by atoms with van der Waals surface area (Å²) in [6.45, 7) is 0.492. The molecule has 0 N–H and O–H groups in total. The molecule has 0 heterocycles. The molecule has 0 radical (unpaired) electrons. The van der Waals surface area contributed by atoms with E-state index < -0.39 is 0 Å². The van der Waals surface area contributed by atoms with E-state index in [0.29, 0.717) is 0 Å². The molecule has 10 heavy (non-hydrogen) atoms. The molecule has 0 rings (SSSR count). The quantitative estimate of drug-likeness (QED) is 0.322. The predicted octanol–water partition coefficient (Wildman–Crippen LogP) is 0.757. The fraction of sp³-hybridized carbons (Fsp3) is 0.250. The molecule has 0 saturated carbocycles. The zero-order valence-corrected chi connectivity index (χ0v) is 5.54. The molecule has 0 amide bonds. The van der Waals surface area contributed by atoms with Gasteiger partial charge in [-0.05, 0) is 0 Å². The van der Waals surface area contributed by atoms with E-state index in [-0.39, 0.29) is 13.2 Å². The van der Waals surface area contributed by atoms with Crippen molar-refractivity contribution in [2.45, 2.75) is 0 Å². The Labute approximate surface area is 60.8 Å². The van der Waals surface area contributed by atoms with Gasteiger partial charge < -0.3 is 9.47 Å². The molecule has 0 unspecified atom stereocenters. The summed E-state index contributed by atoms with van der Waals surface area (Å²) in [6, 6.07) is 0. The second-order valence-corrected chi connectivity index (χ2v) is 1.30. The maximum atomic E-state index is 4.89. The first-order chi connectivity index (χ1) is 4.91. The zero-order valence-electron chi connectivity index (χ0n) is 5.54. The lowest BCUT2D eigenvalue weighted by atomic mass is 10.7. The van der Waals surface area contributed by atoms with Gasteiger partial charge in [0.25, 0.3) is 0 Å². The molecule has 2 nitrogen and oxygen atoms in total. The van der Waals surface area contributed by atoms with E-state index >= 15 is 0 Å². The van der Waals surface area contributed by atoms with E-state index in [4.69, 9.17) is 22.3 Å².